The Morgan fingerprint density at radius 2 is 2.04 bits per heavy atom. The van der Waals surface area contributed by atoms with E-state index in [0.29, 0.717) is 12.5 Å². The molecule has 27 heavy (non-hydrogen) atoms. The van der Waals surface area contributed by atoms with Gasteiger partial charge in [-0.3, -0.25) is 4.90 Å². The maximum atomic E-state index is 6.13. The normalized spacial score (nSPS) is 19.0. The molecule has 2 aliphatic rings. The summed E-state index contributed by atoms with van der Waals surface area (Å²) >= 11 is 0. The van der Waals surface area contributed by atoms with E-state index in [0.717, 1.165) is 30.2 Å². The largest absolute Gasteiger partial charge is 0.486 e. The first-order valence-electron chi connectivity index (χ1n) is 9.71. The molecule has 1 atom stereocenters. The highest BCUT2D eigenvalue weighted by Crippen LogP contribution is 2.43. The average Bonchev–Trinajstić information content (AvgIpc) is 3.45. The zero-order valence-corrected chi connectivity index (χ0v) is 15.9. The van der Waals surface area contributed by atoms with Crippen molar-refractivity contribution in [3.05, 3.63) is 53.3 Å². The Balaban J connectivity index is 1.34. The number of H-pyrrole nitrogens is 1. The van der Waals surface area contributed by atoms with E-state index in [4.69, 9.17) is 9.47 Å². The van der Waals surface area contributed by atoms with Crippen LogP contribution in [0.1, 0.15) is 35.6 Å². The number of hydrogen-bond acceptors (Lipinski definition) is 4. The smallest absolute Gasteiger partial charge is 0.161 e. The fourth-order valence-corrected chi connectivity index (χ4v) is 3.97. The topological polar surface area (TPSA) is 50.4 Å². The zero-order valence-electron chi connectivity index (χ0n) is 15.9. The second kappa shape index (κ2) is 6.57. The molecule has 1 unspecified atom stereocenters. The fraction of sp³-hybridized carbons (Fsp3) is 0.409. The average molecular weight is 363 g/mol. The van der Waals surface area contributed by atoms with Crippen LogP contribution >= 0.6 is 0 Å². The number of pyridine rings is 1. The third-order valence-electron chi connectivity index (χ3n) is 5.42. The molecule has 1 aliphatic carbocycles. The van der Waals surface area contributed by atoms with Crippen LogP contribution in [0.25, 0.3) is 11.0 Å². The molecule has 1 N–H and O–H groups in total. The molecule has 0 spiro atoms. The lowest BCUT2D eigenvalue weighted by atomic mass is 10.1. The van der Waals surface area contributed by atoms with Crippen LogP contribution in [-0.2, 0) is 6.54 Å². The number of rotatable bonds is 5. The molecule has 5 nitrogen and oxygen atoms in total. The highest BCUT2D eigenvalue weighted by atomic mass is 16.6. The molecule has 140 valence electrons. The molecule has 2 aromatic heterocycles. The fourth-order valence-electron chi connectivity index (χ4n) is 3.97. The predicted molar refractivity (Wildman–Crippen MR) is 105 cm³/mol. The number of benzene rings is 1. The van der Waals surface area contributed by atoms with Crippen LogP contribution in [0.2, 0.25) is 0 Å². The van der Waals surface area contributed by atoms with Crippen LogP contribution in [0.15, 0.2) is 36.5 Å². The molecule has 0 bridgehead atoms. The summed E-state index contributed by atoms with van der Waals surface area (Å²) in [6.45, 7) is 4.41. The van der Waals surface area contributed by atoms with Gasteiger partial charge in [0.25, 0.3) is 0 Å². The Kier molecular flexibility index (Phi) is 4.05. The maximum absolute atomic E-state index is 6.13. The number of nitrogens with one attached hydrogen (secondary N) is 1. The number of nitrogens with zero attached hydrogens (tertiary/aromatic N) is 2. The molecule has 1 aliphatic heterocycles. The number of hydrogen-bond donors (Lipinski definition) is 1. The third kappa shape index (κ3) is 3.28. The van der Waals surface area contributed by atoms with Gasteiger partial charge >= 0.3 is 0 Å². The summed E-state index contributed by atoms with van der Waals surface area (Å²) in [6.07, 6.45) is 4.53. The van der Waals surface area contributed by atoms with Crippen molar-refractivity contribution in [1.29, 1.82) is 0 Å². The van der Waals surface area contributed by atoms with E-state index in [1.54, 1.807) is 0 Å². The van der Waals surface area contributed by atoms with Gasteiger partial charge in [0.15, 0.2) is 11.5 Å². The van der Waals surface area contributed by atoms with Crippen LogP contribution in [0.5, 0.6) is 11.5 Å². The molecule has 0 amide bonds. The second-order valence-corrected chi connectivity index (χ2v) is 7.89. The Labute approximate surface area is 159 Å². The van der Waals surface area contributed by atoms with Gasteiger partial charge in [-0.15, -0.1) is 0 Å². The van der Waals surface area contributed by atoms with E-state index in [2.05, 4.69) is 34.9 Å². The molecule has 0 saturated heterocycles. The highest BCUT2D eigenvalue weighted by molar-refractivity contribution is 5.82. The lowest BCUT2D eigenvalue weighted by Gasteiger charge is -2.29. The summed E-state index contributed by atoms with van der Waals surface area (Å²) < 4.78 is 12.0. The van der Waals surface area contributed by atoms with Gasteiger partial charge in [-0.25, -0.2) is 4.98 Å². The molecular weight excluding hydrogens is 338 g/mol. The van der Waals surface area contributed by atoms with Gasteiger partial charge < -0.3 is 14.5 Å². The Morgan fingerprint density at radius 1 is 1.22 bits per heavy atom. The summed E-state index contributed by atoms with van der Waals surface area (Å²) in [4.78, 5) is 10.5. The van der Waals surface area contributed by atoms with Crippen molar-refractivity contribution in [3.63, 3.8) is 0 Å². The van der Waals surface area contributed by atoms with Gasteiger partial charge in [0.2, 0.25) is 0 Å². The van der Waals surface area contributed by atoms with Crippen molar-refractivity contribution >= 4 is 11.0 Å². The van der Waals surface area contributed by atoms with Crippen molar-refractivity contribution < 1.29 is 9.47 Å². The van der Waals surface area contributed by atoms with E-state index in [9.17, 15) is 0 Å². The predicted octanol–water partition coefficient (Wildman–Crippen LogP) is 4.02. The van der Waals surface area contributed by atoms with Gasteiger partial charge in [-0.2, -0.15) is 0 Å². The Hall–Kier alpha value is -2.53. The van der Waals surface area contributed by atoms with Crippen LogP contribution < -0.4 is 9.47 Å². The van der Waals surface area contributed by atoms with E-state index in [1.165, 1.54) is 35.0 Å². The van der Waals surface area contributed by atoms with Gasteiger partial charge in [0.05, 0.1) is 0 Å². The van der Waals surface area contributed by atoms with Crippen molar-refractivity contribution in [2.24, 2.45) is 0 Å². The quantitative estimate of drug-likeness (QED) is 0.744. The lowest BCUT2D eigenvalue weighted by molar-refractivity contribution is 0.0638. The minimum absolute atomic E-state index is 0.0411. The van der Waals surface area contributed by atoms with E-state index < -0.39 is 0 Å². The molecule has 1 fully saturated rings. The van der Waals surface area contributed by atoms with Crippen molar-refractivity contribution in [1.82, 2.24) is 14.9 Å². The van der Waals surface area contributed by atoms with E-state index in [-0.39, 0.29) is 6.10 Å². The first-order valence-corrected chi connectivity index (χ1v) is 9.71. The van der Waals surface area contributed by atoms with Crippen LogP contribution in [0.4, 0.5) is 0 Å². The highest BCUT2D eigenvalue weighted by Gasteiger charge is 2.30. The number of aromatic amines is 1. The number of ether oxygens (including phenoxy) is 2. The second-order valence-electron chi connectivity index (χ2n) is 7.89. The Morgan fingerprint density at radius 3 is 2.85 bits per heavy atom. The third-order valence-corrected chi connectivity index (χ3v) is 5.42. The zero-order chi connectivity index (χ0) is 18.4. The summed E-state index contributed by atoms with van der Waals surface area (Å²) in [7, 11) is 2.16. The molecule has 1 saturated carbocycles. The molecule has 3 aromatic rings. The first kappa shape index (κ1) is 16.6. The summed E-state index contributed by atoms with van der Waals surface area (Å²) in [5.41, 5.74) is 4.98. The van der Waals surface area contributed by atoms with E-state index >= 15 is 0 Å². The molecule has 5 heteroatoms. The van der Waals surface area contributed by atoms with Crippen molar-refractivity contribution in [2.45, 2.75) is 38.3 Å². The SMILES string of the molecule is Cc1cnc2[nH]c(C3CC3)c(CN(C)CC3COc4ccccc4O3)c2c1. The number of para-hydroxylation sites is 2. The molecule has 1 aromatic carbocycles. The number of fused-ring (bicyclic) bond motifs is 2. The van der Waals surface area contributed by atoms with Gasteiger partial charge in [0.1, 0.15) is 18.4 Å². The number of likely N-dealkylation sites (N-methyl/N-ethyl adjacent to an activating group) is 1. The standard InChI is InChI=1S/C22H25N3O2/c1-14-9-17-18(21(15-7-8-15)24-22(17)23-10-14)12-25(2)11-16-13-26-19-5-3-4-6-20(19)27-16/h3-6,9-10,15-16H,7-8,11-13H2,1-2H3,(H,23,24). The van der Waals surface area contributed by atoms with Gasteiger partial charge in [0, 0.05) is 30.4 Å². The monoisotopic (exact) mass is 363 g/mol. The lowest BCUT2D eigenvalue weighted by Crippen LogP contribution is -2.39. The van der Waals surface area contributed by atoms with Gasteiger partial charge in [-0.1, -0.05) is 12.1 Å². The molecular formula is C22H25N3O2. The maximum Gasteiger partial charge on any atom is 0.161 e. The summed E-state index contributed by atoms with van der Waals surface area (Å²) in [6, 6.07) is 10.1. The molecule has 3 heterocycles. The summed E-state index contributed by atoms with van der Waals surface area (Å²) in [5, 5.41) is 1.26. The van der Waals surface area contributed by atoms with E-state index in [1.807, 2.05) is 30.5 Å². The van der Waals surface area contributed by atoms with Crippen molar-refractivity contribution in [2.75, 3.05) is 20.2 Å². The Bertz CT molecular complexity index is 977. The minimum Gasteiger partial charge on any atom is -0.486 e. The summed E-state index contributed by atoms with van der Waals surface area (Å²) in [5.74, 6) is 2.35. The molecule has 0 radical (unpaired) electrons. The van der Waals surface area contributed by atoms with Gasteiger partial charge in [-0.05, 0) is 62.1 Å². The van der Waals surface area contributed by atoms with Crippen LogP contribution in [0.3, 0.4) is 0 Å². The minimum atomic E-state index is 0.0411. The van der Waals surface area contributed by atoms with Crippen molar-refractivity contribution in [3.8, 4) is 11.5 Å². The first-order chi connectivity index (χ1) is 13.2. The number of aryl methyl sites for hydroxylation is 1. The molecule has 5 rings (SSSR count). The van der Waals surface area contributed by atoms with Crippen LogP contribution in [-0.4, -0.2) is 41.2 Å². The number of aromatic nitrogens is 2. The van der Waals surface area contributed by atoms with Crippen LogP contribution in [0, 0.1) is 6.92 Å².